The molecule has 0 amide bonds. The Kier molecular flexibility index (Phi) is 4.74. The second-order valence-corrected chi connectivity index (χ2v) is 4.81. The second-order valence-electron chi connectivity index (χ2n) is 4.03. The highest BCUT2D eigenvalue weighted by molar-refractivity contribution is 7.07. The Morgan fingerprint density at radius 1 is 1.00 bits per heavy atom. The van der Waals surface area contributed by atoms with E-state index in [1.54, 1.807) is 11.3 Å². The molecule has 17 heavy (non-hydrogen) atoms. The van der Waals surface area contributed by atoms with Crippen LogP contribution in [-0.2, 0) is 19.6 Å². The van der Waals surface area contributed by atoms with Crippen molar-refractivity contribution in [1.82, 2.24) is 5.32 Å². The number of hydrogen-bond acceptors (Lipinski definition) is 3. The standard InChI is InChI=1S/C14H17NOS/c16-10-13-3-1-12(2-4-13)5-7-15-9-14-6-8-17-11-14/h1-4,6,8,11,15-16H,5,7,9-10H2. The molecule has 0 aliphatic rings. The van der Waals surface area contributed by atoms with E-state index >= 15 is 0 Å². The highest BCUT2D eigenvalue weighted by Gasteiger charge is 1.95. The first-order valence-corrected chi connectivity index (χ1v) is 6.73. The van der Waals surface area contributed by atoms with E-state index in [0.717, 1.165) is 25.1 Å². The molecule has 1 aromatic heterocycles. The van der Waals surface area contributed by atoms with E-state index in [0.29, 0.717) is 0 Å². The van der Waals surface area contributed by atoms with E-state index in [4.69, 9.17) is 5.11 Å². The molecule has 0 bridgehead atoms. The third-order valence-electron chi connectivity index (χ3n) is 2.71. The van der Waals surface area contributed by atoms with Gasteiger partial charge in [-0.1, -0.05) is 24.3 Å². The van der Waals surface area contributed by atoms with Gasteiger partial charge in [0.1, 0.15) is 0 Å². The van der Waals surface area contributed by atoms with Gasteiger partial charge in [-0.15, -0.1) is 0 Å². The van der Waals surface area contributed by atoms with Crippen molar-refractivity contribution in [3.05, 3.63) is 57.8 Å². The van der Waals surface area contributed by atoms with Crippen molar-refractivity contribution in [2.75, 3.05) is 6.54 Å². The minimum absolute atomic E-state index is 0.122. The van der Waals surface area contributed by atoms with Gasteiger partial charge in [-0.3, -0.25) is 0 Å². The molecule has 1 aromatic carbocycles. The van der Waals surface area contributed by atoms with Gasteiger partial charge in [0.25, 0.3) is 0 Å². The molecule has 1 heterocycles. The second kappa shape index (κ2) is 6.55. The maximum Gasteiger partial charge on any atom is 0.0681 e. The van der Waals surface area contributed by atoms with Gasteiger partial charge >= 0.3 is 0 Å². The van der Waals surface area contributed by atoms with Crippen molar-refractivity contribution in [3.8, 4) is 0 Å². The molecule has 90 valence electrons. The monoisotopic (exact) mass is 247 g/mol. The lowest BCUT2D eigenvalue weighted by molar-refractivity contribution is 0.282. The van der Waals surface area contributed by atoms with E-state index in [1.165, 1.54) is 11.1 Å². The van der Waals surface area contributed by atoms with Gasteiger partial charge in [-0.2, -0.15) is 11.3 Å². The largest absolute Gasteiger partial charge is 0.392 e. The van der Waals surface area contributed by atoms with Crippen LogP contribution in [-0.4, -0.2) is 11.7 Å². The van der Waals surface area contributed by atoms with Crippen LogP contribution in [0.5, 0.6) is 0 Å². The number of rotatable bonds is 6. The van der Waals surface area contributed by atoms with Crippen LogP contribution in [0.15, 0.2) is 41.1 Å². The lowest BCUT2D eigenvalue weighted by Crippen LogP contribution is -2.16. The Morgan fingerprint density at radius 3 is 2.41 bits per heavy atom. The van der Waals surface area contributed by atoms with Crippen LogP contribution >= 0.6 is 11.3 Å². The van der Waals surface area contributed by atoms with Gasteiger partial charge in [0, 0.05) is 6.54 Å². The fraction of sp³-hybridized carbons (Fsp3) is 0.286. The summed E-state index contributed by atoms with van der Waals surface area (Å²) in [7, 11) is 0. The first-order chi connectivity index (χ1) is 8.38. The van der Waals surface area contributed by atoms with E-state index < -0.39 is 0 Å². The SMILES string of the molecule is OCc1ccc(CCNCc2ccsc2)cc1. The Morgan fingerprint density at radius 2 is 1.76 bits per heavy atom. The molecule has 0 atom stereocenters. The predicted molar refractivity (Wildman–Crippen MR) is 72.1 cm³/mol. The summed E-state index contributed by atoms with van der Waals surface area (Å²) in [5.74, 6) is 0. The summed E-state index contributed by atoms with van der Waals surface area (Å²) in [5, 5.41) is 16.6. The number of aliphatic hydroxyl groups excluding tert-OH is 1. The predicted octanol–water partition coefficient (Wildman–Crippen LogP) is 2.57. The van der Waals surface area contributed by atoms with Crippen molar-refractivity contribution < 1.29 is 5.11 Å². The molecule has 2 N–H and O–H groups in total. The van der Waals surface area contributed by atoms with Gasteiger partial charge in [-0.05, 0) is 46.5 Å². The maximum atomic E-state index is 8.94. The van der Waals surface area contributed by atoms with Crippen molar-refractivity contribution in [3.63, 3.8) is 0 Å². The van der Waals surface area contributed by atoms with Crippen LogP contribution in [0.25, 0.3) is 0 Å². The Bertz CT molecular complexity index is 422. The van der Waals surface area contributed by atoms with E-state index in [1.807, 2.05) is 12.1 Å². The first kappa shape index (κ1) is 12.3. The summed E-state index contributed by atoms with van der Waals surface area (Å²) < 4.78 is 0. The van der Waals surface area contributed by atoms with Crippen molar-refractivity contribution in [2.24, 2.45) is 0 Å². The quantitative estimate of drug-likeness (QED) is 0.769. The number of thiophene rings is 1. The fourth-order valence-electron chi connectivity index (χ4n) is 1.67. The van der Waals surface area contributed by atoms with Crippen LogP contribution in [0.1, 0.15) is 16.7 Å². The van der Waals surface area contributed by atoms with Gasteiger partial charge in [0.05, 0.1) is 6.61 Å². The number of nitrogens with one attached hydrogen (secondary N) is 1. The Balaban J connectivity index is 1.70. The van der Waals surface area contributed by atoms with Gasteiger partial charge in [0.15, 0.2) is 0 Å². The zero-order valence-electron chi connectivity index (χ0n) is 9.73. The zero-order chi connectivity index (χ0) is 11.9. The zero-order valence-corrected chi connectivity index (χ0v) is 10.5. The lowest BCUT2D eigenvalue weighted by atomic mass is 10.1. The third kappa shape index (κ3) is 3.97. The summed E-state index contributed by atoms with van der Waals surface area (Å²) in [6.07, 6.45) is 1.02. The first-order valence-electron chi connectivity index (χ1n) is 5.79. The number of hydrogen-bond donors (Lipinski definition) is 2. The van der Waals surface area contributed by atoms with Crippen LogP contribution in [0.2, 0.25) is 0 Å². The molecule has 0 unspecified atom stereocenters. The summed E-state index contributed by atoms with van der Waals surface area (Å²) >= 11 is 1.73. The molecule has 0 aliphatic heterocycles. The molecule has 0 saturated carbocycles. The minimum atomic E-state index is 0.122. The van der Waals surface area contributed by atoms with E-state index in [9.17, 15) is 0 Å². The highest BCUT2D eigenvalue weighted by atomic mass is 32.1. The summed E-state index contributed by atoms with van der Waals surface area (Å²) in [5.41, 5.74) is 3.63. The van der Waals surface area contributed by atoms with E-state index in [-0.39, 0.29) is 6.61 Å². The summed E-state index contributed by atoms with van der Waals surface area (Å²) in [6, 6.07) is 10.3. The maximum absolute atomic E-state index is 8.94. The minimum Gasteiger partial charge on any atom is -0.392 e. The average molecular weight is 247 g/mol. The Labute approximate surface area is 106 Å². The van der Waals surface area contributed by atoms with Crippen molar-refractivity contribution in [1.29, 1.82) is 0 Å². The highest BCUT2D eigenvalue weighted by Crippen LogP contribution is 2.06. The fourth-order valence-corrected chi connectivity index (χ4v) is 2.34. The Hall–Kier alpha value is -1.16. The normalized spacial score (nSPS) is 10.6. The van der Waals surface area contributed by atoms with Crippen molar-refractivity contribution >= 4 is 11.3 Å². The molecule has 0 radical (unpaired) electrons. The topological polar surface area (TPSA) is 32.3 Å². The molecule has 3 heteroatoms. The molecule has 2 aromatic rings. The lowest BCUT2D eigenvalue weighted by Gasteiger charge is -2.04. The van der Waals surface area contributed by atoms with Gasteiger partial charge < -0.3 is 10.4 Å². The molecule has 2 nitrogen and oxygen atoms in total. The molecular weight excluding hydrogens is 230 g/mol. The number of benzene rings is 1. The van der Waals surface area contributed by atoms with Crippen LogP contribution < -0.4 is 5.32 Å². The molecule has 0 fully saturated rings. The number of aliphatic hydroxyl groups is 1. The average Bonchev–Trinajstić information content (AvgIpc) is 2.88. The summed E-state index contributed by atoms with van der Waals surface area (Å²) in [4.78, 5) is 0. The van der Waals surface area contributed by atoms with E-state index in [2.05, 4.69) is 34.3 Å². The molecule has 0 spiro atoms. The molecule has 0 saturated heterocycles. The molecule has 0 aliphatic carbocycles. The van der Waals surface area contributed by atoms with Gasteiger partial charge in [0.2, 0.25) is 0 Å². The van der Waals surface area contributed by atoms with Crippen LogP contribution in [0.4, 0.5) is 0 Å². The van der Waals surface area contributed by atoms with Crippen molar-refractivity contribution in [2.45, 2.75) is 19.6 Å². The molecule has 2 rings (SSSR count). The van der Waals surface area contributed by atoms with Crippen LogP contribution in [0, 0.1) is 0 Å². The smallest absolute Gasteiger partial charge is 0.0681 e. The summed E-state index contributed by atoms with van der Waals surface area (Å²) in [6.45, 7) is 2.04. The molecular formula is C14H17NOS. The third-order valence-corrected chi connectivity index (χ3v) is 3.44. The van der Waals surface area contributed by atoms with Crippen LogP contribution in [0.3, 0.4) is 0 Å². The van der Waals surface area contributed by atoms with Gasteiger partial charge in [-0.25, -0.2) is 0 Å².